The maximum Gasteiger partial charge on any atom is 0.287 e. The van der Waals surface area contributed by atoms with E-state index in [1.165, 1.54) is 0 Å². The van der Waals surface area contributed by atoms with E-state index in [0.29, 0.717) is 41.9 Å². The number of para-hydroxylation sites is 1. The summed E-state index contributed by atoms with van der Waals surface area (Å²) in [4.78, 5) is 26.6. The Kier molecular flexibility index (Phi) is 5.43. The van der Waals surface area contributed by atoms with Crippen LogP contribution in [-0.2, 0) is 0 Å². The molecule has 2 heterocycles. The van der Waals surface area contributed by atoms with Crippen LogP contribution in [0.15, 0.2) is 45.5 Å². The third-order valence-corrected chi connectivity index (χ3v) is 4.68. The molecule has 0 saturated carbocycles. The van der Waals surface area contributed by atoms with Crippen LogP contribution in [0.25, 0.3) is 0 Å². The molecule has 1 aromatic heterocycles. The lowest BCUT2D eigenvalue weighted by Gasteiger charge is -2.32. The van der Waals surface area contributed by atoms with E-state index in [0.717, 1.165) is 0 Å². The molecule has 1 aromatic carbocycles. The fourth-order valence-corrected chi connectivity index (χ4v) is 3.22. The van der Waals surface area contributed by atoms with Crippen molar-refractivity contribution in [3.8, 4) is 5.75 Å². The minimum absolute atomic E-state index is 0.0260. The average molecular weight is 407 g/mol. The number of furan rings is 1. The Morgan fingerprint density at radius 3 is 2.56 bits per heavy atom. The van der Waals surface area contributed by atoms with Crippen LogP contribution in [0.2, 0.25) is 0 Å². The normalized spacial score (nSPS) is 15.0. The lowest BCUT2D eigenvalue weighted by molar-refractivity contribution is 0.0692. The predicted molar refractivity (Wildman–Crippen MR) is 95.8 cm³/mol. The zero-order chi connectivity index (χ0) is 17.8. The van der Waals surface area contributed by atoms with Crippen LogP contribution in [0, 0.1) is 0 Å². The van der Waals surface area contributed by atoms with E-state index in [1.54, 1.807) is 36.3 Å². The first kappa shape index (κ1) is 17.5. The molecule has 0 spiro atoms. The van der Waals surface area contributed by atoms with Crippen LogP contribution in [-0.4, -0.2) is 43.0 Å². The standard InChI is InChI=1S/C18H19BrN2O4/c1-24-14-5-3-2-4-13(14)18(23)21-10-8-12(9-11-21)20-17(22)15-6-7-16(19)25-15/h2-7,12H,8-11H2,1H3,(H,20,22). The molecule has 0 atom stereocenters. The Morgan fingerprint density at radius 1 is 1.20 bits per heavy atom. The first-order chi connectivity index (χ1) is 12.1. The highest BCUT2D eigenvalue weighted by Gasteiger charge is 2.26. The number of carbonyl (C=O) groups excluding carboxylic acids is 2. The Balaban J connectivity index is 1.56. The van der Waals surface area contributed by atoms with Crippen molar-refractivity contribution in [3.05, 3.63) is 52.4 Å². The summed E-state index contributed by atoms with van der Waals surface area (Å²) in [7, 11) is 1.56. The molecule has 6 nitrogen and oxygen atoms in total. The number of rotatable bonds is 4. The number of carbonyl (C=O) groups is 2. The minimum Gasteiger partial charge on any atom is -0.496 e. The number of hydrogen-bond acceptors (Lipinski definition) is 4. The number of nitrogens with one attached hydrogen (secondary N) is 1. The molecular formula is C18H19BrN2O4. The molecule has 1 aliphatic rings. The lowest BCUT2D eigenvalue weighted by atomic mass is 10.0. The number of benzene rings is 1. The molecule has 3 rings (SSSR count). The number of amides is 2. The lowest BCUT2D eigenvalue weighted by Crippen LogP contribution is -2.46. The molecule has 132 valence electrons. The van der Waals surface area contributed by atoms with Gasteiger partial charge in [0.2, 0.25) is 0 Å². The summed E-state index contributed by atoms with van der Waals surface area (Å²) >= 11 is 3.18. The van der Waals surface area contributed by atoms with Crippen LogP contribution >= 0.6 is 15.9 Å². The van der Waals surface area contributed by atoms with Gasteiger partial charge in [0.15, 0.2) is 10.4 Å². The third-order valence-electron chi connectivity index (χ3n) is 4.25. The smallest absolute Gasteiger partial charge is 0.287 e. The van der Waals surface area contributed by atoms with Crippen molar-refractivity contribution in [2.24, 2.45) is 0 Å². The fourth-order valence-electron chi connectivity index (χ4n) is 2.91. The molecule has 25 heavy (non-hydrogen) atoms. The highest BCUT2D eigenvalue weighted by molar-refractivity contribution is 9.10. The van der Waals surface area contributed by atoms with Gasteiger partial charge in [0.25, 0.3) is 11.8 Å². The molecule has 0 bridgehead atoms. The molecule has 0 aliphatic carbocycles. The molecule has 2 amide bonds. The third kappa shape index (κ3) is 4.04. The van der Waals surface area contributed by atoms with Crippen LogP contribution in [0.4, 0.5) is 0 Å². The van der Waals surface area contributed by atoms with Crippen molar-refractivity contribution in [2.45, 2.75) is 18.9 Å². The Labute approximate surface area is 154 Å². The summed E-state index contributed by atoms with van der Waals surface area (Å²) in [5.41, 5.74) is 0.563. The van der Waals surface area contributed by atoms with Crippen molar-refractivity contribution < 1.29 is 18.7 Å². The number of piperidine rings is 1. The van der Waals surface area contributed by atoms with Crippen molar-refractivity contribution in [2.75, 3.05) is 20.2 Å². The highest BCUT2D eigenvalue weighted by Crippen LogP contribution is 2.22. The van der Waals surface area contributed by atoms with Crippen LogP contribution < -0.4 is 10.1 Å². The van der Waals surface area contributed by atoms with Crippen molar-refractivity contribution in [3.63, 3.8) is 0 Å². The summed E-state index contributed by atoms with van der Waals surface area (Å²) in [5.74, 6) is 0.572. The van der Waals surface area contributed by atoms with E-state index < -0.39 is 0 Å². The Hall–Kier alpha value is -2.28. The summed E-state index contributed by atoms with van der Waals surface area (Å²) in [5, 5.41) is 2.95. The van der Waals surface area contributed by atoms with Crippen LogP contribution in [0.5, 0.6) is 5.75 Å². The number of likely N-dealkylation sites (tertiary alicyclic amines) is 1. The van der Waals surface area contributed by atoms with E-state index in [4.69, 9.17) is 9.15 Å². The second-order valence-electron chi connectivity index (χ2n) is 5.84. The monoisotopic (exact) mass is 406 g/mol. The fraction of sp³-hybridized carbons (Fsp3) is 0.333. The first-order valence-corrected chi connectivity index (χ1v) is 8.86. The van der Waals surface area contributed by atoms with Crippen molar-refractivity contribution in [1.29, 1.82) is 0 Å². The SMILES string of the molecule is COc1ccccc1C(=O)N1CCC(NC(=O)c2ccc(Br)o2)CC1. The summed E-state index contributed by atoms with van der Waals surface area (Å²) in [6.45, 7) is 1.17. The molecule has 0 unspecified atom stereocenters. The van der Waals surface area contributed by atoms with Crippen molar-refractivity contribution >= 4 is 27.7 Å². The van der Waals surface area contributed by atoms with E-state index in [-0.39, 0.29) is 23.6 Å². The van der Waals surface area contributed by atoms with Crippen LogP contribution in [0.1, 0.15) is 33.8 Å². The van der Waals surface area contributed by atoms with Gasteiger partial charge in [-0.1, -0.05) is 12.1 Å². The zero-order valence-electron chi connectivity index (χ0n) is 13.8. The van der Waals surface area contributed by atoms with E-state index in [2.05, 4.69) is 21.2 Å². The van der Waals surface area contributed by atoms with E-state index in [1.807, 2.05) is 12.1 Å². The number of halogens is 1. The molecule has 1 N–H and O–H groups in total. The summed E-state index contributed by atoms with van der Waals surface area (Å²) in [6.07, 6.45) is 1.41. The number of ether oxygens (including phenoxy) is 1. The average Bonchev–Trinajstić information content (AvgIpc) is 3.08. The van der Waals surface area contributed by atoms with Gasteiger partial charge in [0.1, 0.15) is 5.75 Å². The maximum absolute atomic E-state index is 12.7. The molecule has 1 aliphatic heterocycles. The molecular weight excluding hydrogens is 388 g/mol. The van der Waals surface area contributed by atoms with Gasteiger partial charge < -0.3 is 19.4 Å². The van der Waals surface area contributed by atoms with E-state index >= 15 is 0 Å². The number of hydrogen-bond donors (Lipinski definition) is 1. The molecule has 0 radical (unpaired) electrons. The summed E-state index contributed by atoms with van der Waals surface area (Å²) in [6, 6.07) is 10.5. The van der Waals surface area contributed by atoms with E-state index in [9.17, 15) is 9.59 Å². The minimum atomic E-state index is -0.236. The van der Waals surface area contributed by atoms with Crippen molar-refractivity contribution in [1.82, 2.24) is 10.2 Å². The molecule has 2 aromatic rings. The topological polar surface area (TPSA) is 71.8 Å². The maximum atomic E-state index is 12.7. The van der Waals surface area contributed by atoms with Gasteiger partial charge >= 0.3 is 0 Å². The second-order valence-corrected chi connectivity index (χ2v) is 6.63. The Morgan fingerprint density at radius 2 is 1.92 bits per heavy atom. The number of methoxy groups -OCH3 is 1. The van der Waals surface area contributed by atoms with Crippen LogP contribution in [0.3, 0.4) is 0 Å². The highest BCUT2D eigenvalue weighted by atomic mass is 79.9. The Bertz CT molecular complexity index is 766. The quantitative estimate of drug-likeness (QED) is 0.846. The van der Waals surface area contributed by atoms with Gasteiger partial charge in [-0.25, -0.2) is 0 Å². The van der Waals surface area contributed by atoms with Gasteiger partial charge in [-0.3, -0.25) is 9.59 Å². The van der Waals surface area contributed by atoms with Gasteiger partial charge in [-0.15, -0.1) is 0 Å². The molecule has 1 saturated heterocycles. The molecule has 7 heteroatoms. The largest absolute Gasteiger partial charge is 0.496 e. The number of nitrogens with zero attached hydrogens (tertiary/aromatic N) is 1. The van der Waals surface area contributed by atoms with Gasteiger partial charge in [0, 0.05) is 19.1 Å². The second kappa shape index (κ2) is 7.74. The summed E-state index contributed by atoms with van der Waals surface area (Å²) < 4.78 is 11.0. The predicted octanol–water partition coefficient (Wildman–Crippen LogP) is 3.09. The van der Waals surface area contributed by atoms with Gasteiger partial charge in [0.05, 0.1) is 12.7 Å². The van der Waals surface area contributed by atoms with Gasteiger partial charge in [-0.2, -0.15) is 0 Å². The first-order valence-electron chi connectivity index (χ1n) is 8.07. The zero-order valence-corrected chi connectivity index (χ0v) is 15.4. The molecule has 1 fully saturated rings. The van der Waals surface area contributed by atoms with Gasteiger partial charge in [-0.05, 0) is 53.0 Å².